The minimum absolute atomic E-state index is 0.0575. The summed E-state index contributed by atoms with van der Waals surface area (Å²) in [6.45, 7) is 0.314. The maximum absolute atomic E-state index is 12.7. The fraction of sp³-hybridized carbons (Fsp3) is 0.263. The van der Waals surface area contributed by atoms with Crippen molar-refractivity contribution in [2.24, 2.45) is 11.8 Å². The molecule has 2 amide bonds. The van der Waals surface area contributed by atoms with Crippen molar-refractivity contribution in [3.63, 3.8) is 0 Å². The molecule has 1 aliphatic carbocycles. The first-order valence-corrected chi connectivity index (χ1v) is 8.62. The zero-order valence-corrected chi connectivity index (χ0v) is 14.8. The van der Waals surface area contributed by atoms with Crippen LogP contribution in [-0.4, -0.2) is 11.8 Å². The van der Waals surface area contributed by atoms with E-state index in [-0.39, 0.29) is 11.6 Å². The van der Waals surface area contributed by atoms with Gasteiger partial charge in [0.25, 0.3) is 0 Å². The topological polar surface area (TPSA) is 58.2 Å². The Hall–Kier alpha value is -2.54. The molecular weight excluding hydrogens is 381 g/mol. The number of carbonyl (C=O) groups excluding carboxylic acids is 2. The fourth-order valence-corrected chi connectivity index (χ4v) is 2.83. The zero-order chi connectivity index (χ0) is 19.6. The third-order valence-corrected chi connectivity index (χ3v) is 4.55. The highest BCUT2D eigenvalue weighted by atomic mass is 35.5. The molecule has 1 fully saturated rings. The standard InChI is InChI=1S/C19H16ClF3N2O2/c20-13-6-4-11(5-7-13)10-24-17(26)15-9-16(15)18(27)25-14-3-1-2-12(8-14)19(21,22)23/h1-8,15-16H,9-10H2,(H,24,26)(H,25,27). The van der Waals surface area contributed by atoms with E-state index in [0.29, 0.717) is 18.0 Å². The monoisotopic (exact) mass is 396 g/mol. The molecule has 0 bridgehead atoms. The molecule has 142 valence electrons. The number of rotatable bonds is 5. The fourth-order valence-electron chi connectivity index (χ4n) is 2.71. The van der Waals surface area contributed by atoms with E-state index in [1.807, 2.05) is 0 Å². The van der Waals surface area contributed by atoms with E-state index in [4.69, 9.17) is 11.6 Å². The average Bonchev–Trinajstić information content (AvgIpc) is 3.41. The Morgan fingerprint density at radius 1 is 1.04 bits per heavy atom. The first-order valence-electron chi connectivity index (χ1n) is 8.24. The van der Waals surface area contributed by atoms with E-state index in [0.717, 1.165) is 17.7 Å². The lowest BCUT2D eigenvalue weighted by Gasteiger charge is -2.10. The summed E-state index contributed by atoms with van der Waals surface area (Å²) >= 11 is 5.80. The highest BCUT2D eigenvalue weighted by Gasteiger charge is 2.48. The first kappa shape index (κ1) is 19.2. The van der Waals surface area contributed by atoms with Crippen molar-refractivity contribution in [1.82, 2.24) is 5.32 Å². The molecule has 0 heterocycles. The van der Waals surface area contributed by atoms with Crippen LogP contribution in [-0.2, 0) is 22.3 Å². The summed E-state index contributed by atoms with van der Waals surface area (Å²) in [5, 5.41) is 5.79. The molecule has 4 nitrogen and oxygen atoms in total. The second kappa shape index (κ2) is 7.60. The van der Waals surface area contributed by atoms with Gasteiger partial charge < -0.3 is 10.6 Å². The number of carbonyl (C=O) groups is 2. The van der Waals surface area contributed by atoms with Crippen molar-refractivity contribution in [2.75, 3.05) is 5.32 Å². The molecule has 2 aromatic carbocycles. The molecule has 2 N–H and O–H groups in total. The molecule has 2 unspecified atom stereocenters. The molecular formula is C19H16ClF3N2O2. The van der Waals surface area contributed by atoms with Crippen LogP contribution in [0.5, 0.6) is 0 Å². The molecule has 0 saturated heterocycles. The largest absolute Gasteiger partial charge is 0.416 e. The Bertz CT molecular complexity index is 853. The minimum atomic E-state index is -4.48. The minimum Gasteiger partial charge on any atom is -0.352 e. The zero-order valence-electron chi connectivity index (χ0n) is 14.0. The van der Waals surface area contributed by atoms with E-state index in [1.54, 1.807) is 24.3 Å². The summed E-state index contributed by atoms with van der Waals surface area (Å²) in [7, 11) is 0. The van der Waals surface area contributed by atoms with Gasteiger partial charge in [-0.2, -0.15) is 13.2 Å². The van der Waals surface area contributed by atoms with Crippen LogP contribution in [0.4, 0.5) is 18.9 Å². The molecule has 0 spiro atoms. The summed E-state index contributed by atoms with van der Waals surface area (Å²) in [5.74, 6) is -1.72. The van der Waals surface area contributed by atoms with Gasteiger partial charge in [-0.05, 0) is 42.3 Å². The van der Waals surface area contributed by atoms with Gasteiger partial charge >= 0.3 is 6.18 Å². The van der Waals surface area contributed by atoms with Crippen LogP contribution in [0, 0.1) is 11.8 Å². The molecule has 0 radical (unpaired) electrons. The Morgan fingerprint density at radius 2 is 1.70 bits per heavy atom. The van der Waals surface area contributed by atoms with Gasteiger partial charge in [0.15, 0.2) is 0 Å². The van der Waals surface area contributed by atoms with Crippen LogP contribution >= 0.6 is 11.6 Å². The van der Waals surface area contributed by atoms with Crippen molar-refractivity contribution < 1.29 is 22.8 Å². The van der Waals surface area contributed by atoms with Crippen LogP contribution in [0.1, 0.15) is 17.5 Å². The average molecular weight is 397 g/mol. The number of amides is 2. The van der Waals surface area contributed by atoms with Crippen LogP contribution in [0.3, 0.4) is 0 Å². The highest BCUT2D eigenvalue weighted by Crippen LogP contribution is 2.40. The number of nitrogens with one attached hydrogen (secondary N) is 2. The number of hydrogen-bond donors (Lipinski definition) is 2. The first-order chi connectivity index (χ1) is 12.7. The van der Waals surface area contributed by atoms with Crippen LogP contribution in [0.25, 0.3) is 0 Å². The normalized spacial score (nSPS) is 18.7. The number of benzene rings is 2. The van der Waals surface area contributed by atoms with Crippen molar-refractivity contribution in [3.05, 3.63) is 64.7 Å². The lowest BCUT2D eigenvalue weighted by Crippen LogP contribution is -2.27. The van der Waals surface area contributed by atoms with Gasteiger partial charge in [-0.15, -0.1) is 0 Å². The van der Waals surface area contributed by atoms with Gasteiger partial charge in [-0.1, -0.05) is 29.8 Å². The van der Waals surface area contributed by atoms with Gasteiger partial charge in [0.2, 0.25) is 11.8 Å². The smallest absolute Gasteiger partial charge is 0.352 e. The predicted octanol–water partition coefficient (Wildman–Crippen LogP) is 4.25. The van der Waals surface area contributed by atoms with E-state index >= 15 is 0 Å². The molecule has 27 heavy (non-hydrogen) atoms. The summed E-state index contributed by atoms with van der Waals surface area (Å²) in [4.78, 5) is 24.3. The van der Waals surface area contributed by atoms with Crippen LogP contribution < -0.4 is 10.6 Å². The second-order valence-electron chi connectivity index (χ2n) is 6.36. The van der Waals surface area contributed by atoms with Gasteiger partial charge in [-0.25, -0.2) is 0 Å². The quantitative estimate of drug-likeness (QED) is 0.793. The van der Waals surface area contributed by atoms with Crippen LogP contribution in [0.15, 0.2) is 48.5 Å². The Labute approximate surface area is 158 Å². The number of hydrogen-bond acceptors (Lipinski definition) is 2. The molecule has 0 aliphatic heterocycles. The Morgan fingerprint density at radius 3 is 2.37 bits per heavy atom. The van der Waals surface area contributed by atoms with E-state index < -0.39 is 29.5 Å². The van der Waals surface area contributed by atoms with E-state index in [9.17, 15) is 22.8 Å². The van der Waals surface area contributed by atoms with Crippen molar-refractivity contribution >= 4 is 29.1 Å². The Balaban J connectivity index is 1.51. The maximum Gasteiger partial charge on any atom is 0.416 e. The Kier molecular flexibility index (Phi) is 5.41. The third-order valence-electron chi connectivity index (χ3n) is 4.30. The van der Waals surface area contributed by atoms with E-state index in [1.165, 1.54) is 12.1 Å². The van der Waals surface area contributed by atoms with Crippen molar-refractivity contribution in [1.29, 1.82) is 0 Å². The molecule has 2 atom stereocenters. The summed E-state index contributed by atoms with van der Waals surface area (Å²) in [6, 6.07) is 11.4. The van der Waals surface area contributed by atoms with Gasteiger partial charge in [-0.3, -0.25) is 9.59 Å². The highest BCUT2D eigenvalue weighted by molar-refractivity contribution is 6.30. The molecule has 1 saturated carbocycles. The SMILES string of the molecule is O=C(NCc1ccc(Cl)cc1)C1CC1C(=O)Nc1cccc(C(F)(F)F)c1. The maximum atomic E-state index is 12.7. The van der Waals surface area contributed by atoms with Crippen LogP contribution in [0.2, 0.25) is 5.02 Å². The molecule has 8 heteroatoms. The molecule has 2 aromatic rings. The van der Waals surface area contributed by atoms with Gasteiger partial charge in [0, 0.05) is 17.3 Å². The number of anilines is 1. The summed E-state index contributed by atoms with van der Waals surface area (Å²) in [5.41, 5.74) is 0.0915. The van der Waals surface area contributed by atoms with Gasteiger partial charge in [0.1, 0.15) is 0 Å². The lowest BCUT2D eigenvalue weighted by atomic mass is 10.2. The summed E-state index contributed by atoms with van der Waals surface area (Å²) in [6.07, 6.45) is -4.11. The van der Waals surface area contributed by atoms with Gasteiger partial charge in [0.05, 0.1) is 17.4 Å². The number of halogens is 4. The summed E-state index contributed by atoms with van der Waals surface area (Å²) < 4.78 is 38.2. The lowest BCUT2D eigenvalue weighted by molar-refractivity contribution is -0.137. The van der Waals surface area contributed by atoms with Crippen molar-refractivity contribution in [3.8, 4) is 0 Å². The predicted molar refractivity (Wildman–Crippen MR) is 95.0 cm³/mol. The third kappa shape index (κ3) is 5.01. The van der Waals surface area contributed by atoms with Crippen molar-refractivity contribution in [2.45, 2.75) is 19.1 Å². The molecule has 0 aromatic heterocycles. The molecule has 3 rings (SSSR count). The van der Waals surface area contributed by atoms with E-state index in [2.05, 4.69) is 10.6 Å². The number of alkyl halides is 3. The molecule has 1 aliphatic rings. The second-order valence-corrected chi connectivity index (χ2v) is 6.80.